The second-order valence-electron chi connectivity index (χ2n) is 4.97. The lowest BCUT2D eigenvalue weighted by molar-refractivity contribution is 0.0720. The van der Waals surface area contributed by atoms with E-state index in [4.69, 9.17) is 4.74 Å². The number of benzene rings is 1. The summed E-state index contributed by atoms with van der Waals surface area (Å²) in [5.41, 5.74) is 2.70. The molecule has 0 bridgehead atoms. The van der Waals surface area contributed by atoms with Gasteiger partial charge in [-0.05, 0) is 36.3 Å². The van der Waals surface area contributed by atoms with Crippen LogP contribution in [-0.2, 0) is 4.74 Å². The molecule has 1 aromatic rings. The number of aliphatic hydroxyl groups is 1. The van der Waals surface area contributed by atoms with E-state index in [0.29, 0.717) is 0 Å². The zero-order chi connectivity index (χ0) is 11.0. The molecule has 1 aliphatic heterocycles. The lowest BCUT2D eigenvalue weighted by Gasteiger charge is -2.17. The second-order valence-corrected chi connectivity index (χ2v) is 4.97. The van der Waals surface area contributed by atoms with Crippen molar-refractivity contribution in [3.8, 4) is 0 Å². The largest absolute Gasteiger partial charge is 0.396 e. The fourth-order valence-electron chi connectivity index (χ4n) is 2.60. The SMILES string of the molecule is OCC1CCOC1c1cccc(C2CC2)c1. The molecule has 2 atom stereocenters. The van der Waals surface area contributed by atoms with Crippen LogP contribution in [0.15, 0.2) is 24.3 Å². The van der Waals surface area contributed by atoms with Gasteiger partial charge in [0.15, 0.2) is 0 Å². The highest BCUT2D eigenvalue weighted by Gasteiger charge is 2.30. The molecule has 16 heavy (non-hydrogen) atoms. The molecule has 1 aromatic carbocycles. The van der Waals surface area contributed by atoms with Crippen molar-refractivity contribution in [3.63, 3.8) is 0 Å². The molecule has 1 heterocycles. The van der Waals surface area contributed by atoms with Crippen LogP contribution < -0.4 is 0 Å². The Morgan fingerprint density at radius 1 is 1.19 bits per heavy atom. The summed E-state index contributed by atoms with van der Waals surface area (Å²) < 4.78 is 5.74. The molecule has 2 nitrogen and oxygen atoms in total. The number of rotatable bonds is 3. The molecular formula is C14H18O2. The second kappa shape index (κ2) is 4.19. The summed E-state index contributed by atoms with van der Waals surface area (Å²) >= 11 is 0. The van der Waals surface area contributed by atoms with Crippen molar-refractivity contribution in [3.05, 3.63) is 35.4 Å². The highest BCUT2D eigenvalue weighted by molar-refractivity contribution is 5.31. The van der Waals surface area contributed by atoms with Crippen molar-refractivity contribution in [2.75, 3.05) is 13.2 Å². The lowest BCUT2D eigenvalue weighted by atomic mass is 9.94. The average Bonchev–Trinajstić information content (AvgIpc) is 3.07. The van der Waals surface area contributed by atoms with E-state index in [1.54, 1.807) is 0 Å². The average molecular weight is 218 g/mol. The molecule has 2 fully saturated rings. The van der Waals surface area contributed by atoms with Gasteiger partial charge < -0.3 is 9.84 Å². The van der Waals surface area contributed by atoms with Gasteiger partial charge in [0.25, 0.3) is 0 Å². The molecule has 1 aliphatic carbocycles. The Kier molecular flexibility index (Phi) is 2.70. The molecule has 0 radical (unpaired) electrons. The molecule has 2 aliphatic rings. The minimum Gasteiger partial charge on any atom is -0.396 e. The van der Waals surface area contributed by atoms with E-state index < -0.39 is 0 Å². The van der Waals surface area contributed by atoms with Gasteiger partial charge in [-0.2, -0.15) is 0 Å². The minimum atomic E-state index is 0.115. The van der Waals surface area contributed by atoms with E-state index in [1.807, 2.05) is 0 Å². The number of ether oxygens (including phenoxy) is 1. The monoisotopic (exact) mass is 218 g/mol. The van der Waals surface area contributed by atoms with Gasteiger partial charge in [0.05, 0.1) is 6.10 Å². The van der Waals surface area contributed by atoms with Crippen LogP contribution in [0.25, 0.3) is 0 Å². The summed E-state index contributed by atoms with van der Waals surface area (Å²) in [6.45, 7) is 1.02. The van der Waals surface area contributed by atoms with E-state index in [1.165, 1.54) is 24.0 Å². The van der Waals surface area contributed by atoms with Crippen molar-refractivity contribution in [1.29, 1.82) is 0 Å². The van der Waals surface area contributed by atoms with E-state index in [0.717, 1.165) is 18.9 Å². The van der Waals surface area contributed by atoms with E-state index in [-0.39, 0.29) is 18.6 Å². The van der Waals surface area contributed by atoms with Crippen LogP contribution in [0.5, 0.6) is 0 Å². The molecule has 0 aromatic heterocycles. The normalized spacial score (nSPS) is 29.6. The summed E-state index contributed by atoms with van der Waals surface area (Å²) in [6.07, 6.45) is 3.76. The maximum atomic E-state index is 9.31. The summed E-state index contributed by atoms with van der Waals surface area (Å²) in [5, 5.41) is 9.31. The van der Waals surface area contributed by atoms with Gasteiger partial charge in [0, 0.05) is 19.1 Å². The number of aliphatic hydroxyl groups excluding tert-OH is 1. The van der Waals surface area contributed by atoms with Gasteiger partial charge in [-0.25, -0.2) is 0 Å². The number of hydrogen-bond donors (Lipinski definition) is 1. The zero-order valence-corrected chi connectivity index (χ0v) is 9.43. The Hall–Kier alpha value is -0.860. The third-order valence-electron chi connectivity index (χ3n) is 3.74. The van der Waals surface area contributed by atoms with Crippen LogP contribution in [0.1, 0.15) is 42.4 Å². The standard InChI is InChI=1S/C14H18O2/c15-9-13-6-7-16-14(13)12-3-1-2-11(8-12)10-4-5-10/h1-3,8,10,13-15H,4-7,9H2. The van der Waals surface area contributed by atoms with Crippen LogP contribution in [-0.4, -0.2) is 18.3 Å². The first-order valence-electron chi connectivity index (χ1n) is 6.21. The summed E-state index contributed by atoms with van der Waals surface area (Å²) in [6, 6.07) is 8.74. The first-order valence-corrected chi connectivity index (χ1v) is 6.21. The van der Waals surface area contributed by atoms with Crippen molar-refractivity contribution in [2.24, 2.45) is 5.92 Å². The van der Waals surface area contributed by atoms with Crippen LogP contribution in [0.2, 0.25) is 0 Å². The highest BCUT2D eigenvalue weighted by atomic mass is 16.5. The summed E-state index contributed by atoms with van der Waals surface area (Å²) in [7, 11) is 0. The number of hydrogen-bond acceptors (Lipinski definition) is 2. The molecule has 3 rings (SSSR count). The molecule has 1 saturated heterocycles. The third kappa shape index (κ3) is 1.87. The maximum Gasteiger partial charge on any atom is 0.0875 e. The maximum absolute atomic E-state index is 9.31. The predicted octanol–water partition coefficient (Wildman–Crippen LogP) is 2.63. The van der Waals surface area contributed by atoms with Crippen LogP contribution >= 0.6 is 0 Å². The van der Waals surface area contributed by atoms with Gasteiger partial charge in [-0.1, -0.05) is 24.3 Å². The smallest absolute Gasteiger partial charge is 0.0875 e. The molecule has 1 N–H and O–H groups in total. The van der Waals surface area contributed by atoms with Crippen LogP contribution in [0, 0.1) is 5.92 Å². The van der Waals surface area contributed by atoms with Crippen LogP contribution in [0.3, 0.4) is 0 Å². The molecular weight excluding hydrogens is 200 g/mol. The Labute approximate surface area is 96.2 Å². The Bertz CT molecular complexity index is 371. The van der Waals surface area contributed by atoms with Gasteiger partial charge in [-0.15, -0.1) is 0 Å². The fourth-order valence-corrected chi connectivity index (χ4v) is 2.60. The summed E-state index contributed by atoms with van der Waals surface area (Å²) in [4.78, 5) is 0. The Morgan fingerprint density at radius 2 is 2.00 bits per heavy atom. The van der Waals surface area contributed by atoms with E-state index >= 15 is 0 Å². The van der Waals surface area contributed by atoms with Gasteiger partial charge in [0.1, 0.15) is 0 Å². The fraction of sp³-hybridized carbons (Fsp3) is 0.571. The van der Waals surface area contributed by atoms with Crippen LogP contribution in [0.4, 0.5) is 0 Å². The minimum absolute atomic E-state index is 0.115. The molecule has 0 amide bonds. The third-order valence-corrected chi connectivity index (χ3v) is 3.74. The highest BCUT2D eigenvalue weighted by Crippen LogP contribution is 2.42. The van der Waals surface area contributed by atoms with Crippen molar-refractivity contribution in [2.45, 2.75) is 31.3 Å². The van der Waals surface area contributed by atoms with E-state index in [2.05, 4.69) is 24.3 Å². The van der Waals surface area contributed by atoms with Gasteiger partial charge in [-0.3, -0.25) is 0 Å². The first kappa shape index (κ1) is 10.3. The quantitative estimate of drug-likeness (QED) is 0.845. The van der Waals surface area contributed by atoms with Crippen molar-refractivity contribution < 1.29 is 9.84 Å². The molecule has 1 saturated carbocycles. The van der Waals surface area contributed by atoms with Gasteiger partial charge in [0.2, 0.25) is 0 Å². The van der Waals surface area contributed by atoms with Crippen molar-refractivity contribution >= 4 is 0 Å². The Morgan fingerprint density at radius 3 is 2.75 bits per heavy atom. The Balaban J connectivity index is 1.84. The zero-order valence-electron chi connectivity index (χ0n) is 9.43. The topological polar surface area (TPSA) is 29.5 Å². The van der Waals surface area contributed by atoms with Crippen molar-refractivity contribution in [1.82, 2.24) is 0 Å². The first-order chi connectivity index (χ1) is 7.88. The van der Waals surface area contributed by atoms with E-state index in [9.17, 15) is 5.11 Å². The molecule has 86 valence electrons. The molecule has 2 heteroatoms. The molecule has 0 spiro atoms. The summed E-state index contributed by atoms with van der Waals surface area (Å²) in [5.74, 6) is 1.07. The van der Waals surface area contributed by atoms with Gasteiger partial charge >= 0.3 is 0 Å². The molecule has 2 unspecified atom stereocenters. The predicted molar refractivity (Wildman–Crippen MR) is 62.3 cm³/mol. The lowest BCUT2D eigenvalue weighted by Crippen LogP contribution is -2.11.